The predicted molar refractivity (Wildman–Crippen MR) is 90.5 cm³/mol. The number of fused-ring (bicyclic) bond motifs is 1. The SMILES string of the molecule is CC1Oc2ccc(S(=O)(=O)NCCc3ccc(F)cc3)cc2NC1=O. The second kappa shape index (κ2) is 6.81. The standard InChI is InChI=1S/C17H17FN2O4S/c1-11-17(21)20-15-10-14(6-7-16(15)24-11)25(22,23)19-9-8-12-2-4-13(18)5-3-12/h2-7,10-11,19H,8-9H2,1H3,(H,20,21). The van der Waals surface area contributed by atoms with E-state index in [-0.39, 0.29) is 23.2 Å². The van der Waals surface area contributed by atoms with E-state index in [0.29, 0.717) is 17.9 Å². The van der Waals surface area contributed by atoms with E-state index in [0.717, 1.165) is 5.56 Å². The first-order valence-electron chi connectivity index (χ1n) is 7.71. The summed E-state index contributed by atoms with van der Waals surface area (Å²) >= 11 is 0. The van der Waals surface area contributed by atoms with E-state index in [2.05, 4.69) is 10.0 Å². The number of carbonyl (C=O) groups is 1. The van der Waals surface area contributed by atoms with Gasteiger partial charge in [-0.2, -0.15) is 0 Å². The maximum Gasteiger partial charge on any atom is 0.265 e. The van der Waals surface area contributed by atoms with Crippen LogP contribution in [-0.4, -0.2) is 27.0 Å². The molecule has 1 aliphatic heterocycles. The summed E-state index contributed by atoms with van der Waals surface area (Å²) < 4.78 is 45.5. The van der Waals surface area contributed by atoms with Crippen molar-refractivity contribution in [3.63, 3.8) is 0 Å². The van der Waals surface area contributed by atoms with Crippen LogP contribution in [0.25, 0.3) is 0 Å². The van der Waals surface area contributed by atoms with Crippen molar-refractivity contribution < 1.29 is 22.3 Å². The number of hydrogen-bond donors (Lipinski definition) is 2. The lowest BCUT2D eigenvalue weighted by atomic mass is 10.1. The molecular weight excluding hydrogens is 347 g/mol. The molecule has 0 spiro atoms. The minimum absolute atomic E-state index is 0.0313. The van der Waals surface area contributed by atoms with Gasteiger partial charge in [-0.25, -0.2) is 17.5 Å². The van der Waals surface area contributed by atoms with E-state index >= 15 is 0 Å². The number of anilines is 1. The Morgan fingerprint density at radius 3 is 2.64 bits per heavy atom. The number of amides is 1. The third-order valence-corrected chi connectivity index (χ3v) is 5.27. The van der Waals surface area contributed by atoms with Crippen molar-refractivity contribution in [2.24, 2.45) is 0 Å². The lowest BCUT2D eigenvalue weighted by Gasteiger charge is -2.23. The highest BCUT2D eigenvalue weighted by Gasteiger charge is 2.25. The van der Waals surface area contributed by atoms with E-state index < -0.39 is 16.1 Å². The summed E-state index contributed by atoms with van der Waals surface area (Å²) in [6, 6.07) is 10.2. The second-order valence-electron chi connectivity index (χ2n) is 5.68. The number of ether oxygens (including phenoxy) is 1. The van der Waals surface area contributed by atoms with Gasteiger partial charge in [0.25, 0.3) is 5.91 Å². The molecule has 0 radical (unpaired) electrons. The summed E-state index contributed by atoms with van der Waals surface area (Å²) in [5.41, 5.74) is 1.15. The molecule has 1 amide bonds. The number of rotatable bonds is 5. The highest BCUT2D eigenvalue weighted by molar-refractivity contribution is 7.89. The third-order valence-electron chi connectivity index (χ3n) is 3.81. The molecule has 8 heteroatoms. The van der Waals surface area contributed by atoms with Crippen molar-refractivity contribution in [1.29, 1.82) is 0 Å². The van der Waals surface area contributed by atoms with Gasteiger partial charge in [-0.15, -0.1) is 0 Å². The van der Waals surface area contributed by atoms with Gasteiger partial charge < -0.3 is 10.1 Å². The molecule has 0 bridgehead atoms. The number of halogens is 1. The molecule has 2 aromatic carbocycles. The molecule has 132 valence electrons. The van der Waals surface area contributed by atoms with Gasteiger partial charge in [0.1, 0.15) is 11.6 Å². The van der Waals surface area contributed by atoms with Crippen molar-refractivity contribution in [3.8, 4) is 5.75 Å². The van der Waals surface area contributed by atoms with Gasteiger partial charge >= 0.3 is 0 Å². The Kier molecular flexibility index (Phi) is 4.73. The molecule has 3 rings (SSSR count). The van der Waals surface area contributed by atoms with Crippen LogP contribution in [-0.2, 0) is 21.2 Å². The van der Waals surface area contributed by atoms with E-state index in [1.807, 2.05) is 0 Å². The highest BCUT2D eigenvalue weighted by atomic mass is 32.2. The molecule has 2 N–H and O–H groups in total. The van der Waals surface area contributed by atoms with Crippen LogP contribution in [0.15, 0.2) is 47.4 Å². The number of benzene rings is 2. The van der Waals surface area contributed by atoms with Crippen molar-refractivity contribution in [1.82, 2.24) is 4.72 Å². The van der Waals surface area contributed by atoms with Gasteiger partial charge in [-0.1, -0.05) is 12.1 Å². The topological polar surface area (TPSA) is 84.5 Å². The number of nitrogens with one attached hydrogen (secondary N) is 2. The van der Waals surface area contributed by atoms with Gasteiger partial charge in [0, 0.05) is 6.54 Å². The third kappa shape index (κ3) is 3.97. The molecule has 0 aromatic heterocycles. The normalized spacial score (nSPS) is 16.7. The molecule has 2 aromatic rings. The van der Waals surface area contributed by atoms with Gasteiger partial charge in [0.05, 0.1) is 10.6 Å². The fourth-order valence-electron chi connectivity index (χ4n) is 2.42. The fourth-order valence-corrected chi connectivity index (χ4v) is 3.48. The van der Waals surface area contributed by atoms with E-state index in [4.69, 9.17) is 4.74 Å². The van der Waals surface area contributed by atoms with Crippen LogP contribution in [0.2, 0.25) is 0 Å². The summed E-state index contributed by atoms with van der Waals surface area (Å²) in [5.74, 6) is -0.236. The Morgan fingerprint density at radius 1 is 1.20 bits per heavy atom. The van der Waals surface area contributed by atoms with Crippen molar-refractivity contribution in [2.45, 2.75) is 24.3 Å². The Balaban J connectivity index is 1.69. The predicted octanol–water partition coefficient (Wildman–Crippen LogP) is 2.07. The zero-order valence-corrected chi connectivity index (χ0v) is 14.3. The Labute approximate surface area is 145 Å². The van der Waals surface area contributed by atoms with Crippen molar-refractivity contribution in [3.05, 3.63) is 53.8 Å². The molecule has 0 aliphatic carbocycles. The summed E-state index contributed by atoms with van der Waals surface area (Å²) in [5, 5.41) is 2.62. The molecule has 6 nitrogen and oxygen atoms in total. The highest BCUT2D eigenvalue weighted by Crippen LogP contribution is 2.31. The second-order valence-corrected chi connectivity index (χ2v) is 7.45. The molecule has 1 aliphatic rings. The lowest BCUT2D eigenvalue weighted by Crippen LogP contribution is -2.34. The number of sulfonamides is 1. The van der Waals surface area contributed by atoms with Crippen LogP contribution in [0.1, 0.15) is 12.5 Å². The molecule has 25 heavy (non-hydrogen) atoms. The zero-order valence-electron chi connectivity index (χ0n) is 13.5. The minimum atomic E-state index is -3.73. The van der Waals surface area contributed by atoms with Crippen LogP contribution in [0.5, 0.6) is 5.75 Å². The number of hydrogen-bond acceptors (Lipinski definition) is 4. The first-order chi connectivity index (χ1) is 11.8. The van der Waals surface area contributed by atoms with E-state index in [1.54, 1.807) is 19.1 Å². The van der Waals surface area contributed by atoms with Crippen LogP contribution in [0.4, 0.5) is 10.1 Å². The lowest BCUT2D eigenvalue weighted by molar-refractivity contribution is -0.122. The van der Waals surface area contributed by atoms with Crippen LogP contribution >= 0.6 is 0 Å². The molecule has 0 saturated carbocycles. The van der Waals surface area contributed by atoms with Crippen LogP contribution in [0, 0.1) is 5.82 Å². The smallest absolute Gasteiger partial charge is 0.265 e. The summed E-state index contributed by atoms with van der Waals surface area (Å²) in [6.07, 6.45) is -0.189. The van der Waals surface area contributed by atoms with Crippen LogP contribution in [0.3, 0.4) is 0 Å². The van der Waals surface area contributed by atoms with Crippen molar-refractivity contribution >= 4 is 21.6 Å². The van der Waals surface area contributed by atoms with Gasteiger partial charge in [0.2, 0.25) is 10.0 Å². The quantitative estimate of drug-likeness (QED) is 0.851. The summed E-state index contributed by atoms with van der Waals surface area (Å²) in [7, 11) is -3.73. The monoisotopic (exact) mass is 364 g/mol. The van der Waals surface area contributed by atoms with Gasteiger partial charge in [-0.05, 0) is 49.2 Å². The average Bonchev–Trinajstić information content (AvgIpc) is 2.57. The Hall–Kier alpha value is -2.45. The summed E-state index contributed by atoms with van der Waals surface area (Å²) in [4.78, 5) is 11.7. The molecule has 0 fully saturated rings. The average molecular weight is 364 g/mol. The maximum absolute atomic E-state index is 12.9. The minimum Gasteiger partial charge on any atom is -0.479 e. The largest absolute Gasteiger partial charge is 0.479 e. The number of carbonyl (C=O) groups excluding carboxylic acids is 1. The zero-order chi connectivity index (χ0) is 18.0. The molecular formula is C17H17FN2O4S. The molecule has 1 heterocycles. The van der Waals surface area contributed by atoms with Gasteiger partial charge in [0.15, 0.2) is 6.10 Å². The first kappa shape index (κ1) is 17.4. The summed E-state index contributed by atoms with van der Waals surface area (Å²) in [6.45, 7) is 1.78. The molecule has 0 saturated heterocycles. The fraction of sp³-hybridized carbons (Fsp3) is 0.235. The Bertz CT molecular complexity index is 897. The van der Waals surface area contributed by atoms with E-state index in [9.17, 15) is 17.6 Å². The maximum atomic E-state index is 12.9. The van der Waals surface area contributed by atoms with Crippen LogP contribution < -0.4 is 14.8 Å². The first-order valence-corrected chi connectivity index (χ1v) is 9.19. The van der Waals surface area contributed by atoms with Crippen molar-refractivity contribution in [2.75, 3.05) is 11.9 Å². The molecule has 1 unspecified atom stereocenters. The molecule has 1 atom stereocenters. The Morgan fingerprint density at radius 2 is 1.92 bits per heavy atom. The van der Waals surface area contributed by atoms with Gasteiger partial charge in [-0.3, -0.25) is 4.79 Å². The van der Waals surface area contributed by atoms with E-state index in [1.165, 1.54) is 30.3 Å².